The summed E-state index contributed by atoms with van der Waals surface area (Å²) in [7, 11) is 7.03. The molecule has 1 heterocycles. The van der Waals surface area contributed by atoms with Crippen molar-refractivity contribution in [1.82, 2.24) is 0 Å². The van der Waals surface area contributed by atoms with Gasteiger partial charge in [0, 0.05) is 12.8 Å². The van der Waals surface area contributed by atoms with Crippen LogP contribution in [0, 0.1) is 34.5 Å². The smallest absolute Gasteiger partial charge is 0.303 e. The SMILES string of the molecule is [B][C@]12CC(O)CCC13COC2CC1C2CCC(C(=O)COC(C)=O)C2(C)CCC13. The number of hydrogen-bond donors (Lipinski definition) is 1. The van der Waals surface area contributed by atoms with Crippen LogP contribution in [0.2, 0.25) is 5.31 Å². The summed E-state index contributed by atoms with van der Waals surface area (Å²) in [4.78, 5) is 24.0. The molecule has 5 aliphatic rings. The molecule has 0 amide bonds. The van der Waals surface area contributed by atoms with E-state index in [1.54, 1.807) is 0 Å². The first-order valence-electron chi connectivity index (χ1n) is 11.5. The monoisotopic (exact) mass is 400 g/mol. The van der Waals surface area contributed by atoms with Gasteiger partial charge in [0.2, 0.25) is 0 Å². The molecule has 5 rings (SSSR count). The molecule has 1 N–H and O–H groups in total. The molecule has 6 heteroatoms. The van der Waals surface area contributed by atoms with Crippen molar-refractivity contribution in [3.63, 3.8) is 0 Å². The highest BCUT2D eigenvalue weighted by molar-refractivity contribution is 6.17. The van der Waals surface area contributed by atoms with Crippen LogP contribution in [0.25, 0.3) is 0 Å². The Balaban J connectivity index is 1.41. The highest BCUT2D eigenvalue weighted by Gasteiger charge is 2.70. The number of carbonyl (C=O) groups is 2. The average Bonchev–Trinajstić information content (AvgIpc) is 3.08. The Morgan fingerprint density at radius 1 is 1.17 bits per heavy atom. The number of rotatable bonds is 3. The van der Waals surface area contributed by atoms with Crippen molar-refractivity contribution in [3.05, 3.63) is 0 Å². The van der Waals surface area contributed by atoms with Crippen molar-refractivity contribution < 1.29 is 24.2 Å². The number of carbonyl (C=O) groups excluding carboxylic acids is 2. The van der Waals surface area contributed by atoms with Gasteiger partial charge < -0.3 is 14.6 Å². The van der Waals surface area contributed by atoms with Gasteiger partial charge in [0.15, 0.2) is 5.78 Å². The summed E-state index contributed by atoms with van der Waals surface area (Å²) >= 11 is 0. The molecule has 4 aliphatic carbocycles. The Kier molecular flexibility index (Phi) is 4.54. The minimum absolute atomic E-state index is 0.0124. The van der Waals surface area contributed by atoms with Crippen LogP contribution in [-0.2, 0) is 19.1 Å². The molecule has 2 radical (unpaired) electrons. The predicted molar refractivity (Wildman–Crippen MR) is 107 cm³/mol. The number of Topliss-reactive ketones (excluding diaryl/α,β-unsaturated/α-hetero) is 1. The second-order valence-corrected chi connectivity index (χ2v) is 10.9. The Labute approximate surface area is 174 Å². The molecule has 1 aliphatic heterocycles. The van der Waals surface area contributed by atoms with Gasteiger partial charge in [-0.2, -0.15) is 0 Å². The zero-order chi connectivity index (χ0) is 20.6. The van der Waals surface area contributed by atoms with Gasteiger partial charge in [-0.3, -0.25) is 9.59 Å². The molecule has 0 aromatic rings. The maximum absolute atomic E-state index is 12.9. The number of aliphatic hydroxyl groups is 1. The van der Waals surface area contributed by atoms with Gasteiger partial charge >= 0.3 is 5.97 Å². The van der Waals surface area contributed by atoms with Crippen LogP contribution >= 0.6 is 0 Å². The van der Waals surface area contributed by atoms with Crippen LogP contribution in [0.1, 0.15) is 65.2 Å². The standard InChI is InChI=1S/C23H33BO5/c1-13(25)28-11-19(27)18-4-3-16-15-9-20-23(24)10-14(26)5-8-22(23,12-29-20)17(15)6-7-21(16,18)2/h14-18,20,26H,3-12H2,1-2H3/t14?,15?,16?,17?,18?,20?,21?,22?,23-/m0/s1. The minimum Gasteiger partial charge on any atom is -0.458 e. The third-order valence-electron chi connectivity index (χ3n) is 9.98. The summed E-state index contributed by atoms with van der Waals surface area (Å²) in [6, 6.07) is 0. The topological polar surface area (TPSA) is 72.8 Å². The zero-order valence-electron chi connectivity index (χ0n) is 17.7. The highest BCUT2D eigenvalue weighted by Crippen LogP contribution is 2.75. The van der Waals surface area contributed by atoms with Crippen molar-refractivity contribution in [3.8, 4) is 0 Å². The third-order valence-corrected chi connectivity index (χ3v) is 9.98. The zero-order valence-corrected chi connectivity index (χ0v) is 17.7. The lowest BCUT2D eigenvalue weighted by atomic mass is 9.35. The summed E-state index contributed by atoms with van der Waals surface area (Å²) < 4.78 is 11.4. The minimum atomic E-state index is -0.400. The molecule has 9 atom stereocenters. The lowest BCUT2D eigenvalue weighted by Crippen LogP contribution is -2.59. The van der Waals surface area contributed by atoms with E-state index in [4.69, 9.17) is 17.3 Å². The Morgan fingerprint density at radius 3 is 2.72 bits per heavy atom. The van der Waals surface area contributed by atoms with Crippen LogP contribution in [0.3, 0.4) is 0 Å². The van der Waals surface area contributed by atoms with Crippen molar-refractivity contribution in [2.75, 3.05) is 13.2 Å². The van der Waals surface area contributed by atoms with Gasteiger partial charge in [0.05, 0.1) is 26.7 Å². The Morgan fingerprint density at radius 2 is 1.97 bits per heavy atom. The molecule has 4 saturated carbocycles. The van der Waals surface area contributed by atoms with Crippen LogP contribution in [0.15, 0.2) is 0 Å². The van der Waals surface area contributed by atoms with E-state index in [-0.39, 0.29) is 47.3 Å². The molecule has 5 fully saturated rings. The molecule has 0 spiro atoms. The normalized spacial score (nSPS) is 52.9. The molecule has 1 saturated heterocycles. The third kappa shape index (κ3) is 2.60. The molecular weight excluding hydrogens is 367 g/mol. The van der Waals surface area contributed by atoms with E-state index in [0.717, 1.165) is 51.6 Å². The van der Waals surface area contributed by atoms with Crippen LogP contribution in [0.4, 0.5) is 0 Å². The van der Waals surface area contributed by atoms with Crippen LogP contribution in [0.5, 0.6) is 0 Å². The summed E-state index contributed by atoms with van der Waals surface area (Å²) in [6.07, 6.45) is 7.19. The second-order valence-electron chi connectivity index (χ2n) is 10.9. The molecule has 158 valence electrons. The summed E-state index contributed by atoms with van der Waals surface area (Å²) in [5, 5.41) is 9.94. The van der Waals surface area contributed by atoms with Crippen molar-refractivity contribution in [2.24, 2.45) is 34.5 Å². The lowest BCUT2D eigenvalue weighted by molar-refractivity contribution is -0.150. The molecular formula is C23H33BO5. The highest BCUT2D eigenvalue weighted by atomic mass is 16.5. The summed E-state index contributed by atoms with van der Waals surface area (Å²) in [5.41, 5.74) is -0.0295. The Hall–Kier alpha value is -0.875. The van der Waals surface area contributed by atoms with Gasteiger partial charge in [0.25, 0.3) is 0 Å². The summed E-state index contributed by atoms with van der Waals surface area (Å²) in [6.45, 7) is 4.30. The number of fused-ring (bicyclic) bond motifs is 3. The van der Waals surface area contributed by atoms with Crippen LogP contribution < -0.4 is 0 Å². The number of esters is 1. The van der Waals surface area contributed by atoms with Crippen molar-refractivity contribution >= 4 is 19.6 Å². The maximum atomic E-state index is 12.9. The van der Waals surface area contributed by atoms with Gasteiger partial charge in [-0.25, -0.2) is 0 Å². The van der Waals surface area contributed by atoms with E-state index in [9.17, 15) is 14.7 Å². The number of hydrogen-bond acceptors (Lipinski definition) is 5. The molecule has 8 unspecified atom stereocenters. The fraction of sp³-hybridized carbons (Fsp3) is 0.913. The number of aliphatic hydroxyl groups excluding tert-OH is 1. The summed E-state index contributed by atoms with van der Waals surface area (Å²) in [5.74, 6) is 1.26. The lowest BCUT2D eigenvalue weighted by Gasteiger charge is -2.63. The first-order valence-corrected chi connectivity index (χ1v) is 11.5. The first kappa shape index (κ1) is 20.1. The van der Waals surface area contributed by atoms with Crippen molar-refractivity contribution in [1.29, 1.82) is 0 Å². The quantitative estimate of drug-likeness (QED) is 0.583. The fourth-order valence-electron chi connectivity index (χ4n) is 8.68. The van der Waals surface area contributed by atoms with E-state index >= 15 is 0 Å². The van der Waals surface area contributed by atoms with Gasteiger partial charge in [-0.05, 0) is 85.3 Å². The number of ether oxygens (including phenoxy) is 2. The maximum Gasteiger partial charge on any atom is 0.303 e. The van der Waals surface area contributed by atoms with Gasteiger partial charge in [-0.1, -0.05) is 6.92 Å². The van der Waals surface area contributed by atoms with E-state index in [1.165, 1.54) is 6.92 Å². The fourth-order valence-corrected chi connectivity index (χ4v) is 8.68. The van der Waals surface area contributed by atoms with E-state index in [2.05, 4.69) is 6.92 Å². The Bertz CT molecular complexity index is 726. The van der Waals surface area contributed by atoms with Gasteiger partial charge in [0.1, 0.15) is 6.61 Å². The van der Waals surface area contributed by atoms with Crippen molar-refractivity contribution in [2.45, 2.75) is 82.7 Å². The molecule has 5 nitrogen and oxygen atoms in total. The molecule has 0 aromatic carbocycles. The predicted octanol–water partition coefficient (Wildman–Crippen LogP) is 2.84. The largest absolute Gasteiger partial charge is 0.458 e. The second kappa shape index (κ2) is 6.56. The van der Waals surface area contributed by atoms with Gasteiger partial charge in [-0.15, -0.1) is 0 Å². The van der Waals surface area contributed by atoms with E-state index < -0.39 is 5.31 Å². The average molecular weight is 400 g/mol. The van der Waals surface area contributed by atoms with E-state index in [0.29, 0.717) is 24.2 Å². The first-order chi connectivity index (χ1) is 13.7. The molecule has 29 heavy (non-hydrogen) atoms. The molecule has 0 aromatic heterocycles. The molecule has 2 bridgehead atoms. The van der Waals surface area contributed by atoms with E-state index in [1.807, 2.05) is 0 Å². The van der Waals surface area contributed by atoms with Crippen LogP contribution in [-0.4, -0.2) is 50.1 Å². The number of ketones is 1.